The van der Waals surface area contributed by atoms with Gasteiger partial charge in [-0.15, -0.1) is 0 Å². The molecule has 6 heteroatoms. The van der Waals surface area contributed by atoms with Crippen molar-refractivity contribution in [3.8, 4) is 0 Å². The van der Waals surface area contributed by atoms with E-state index in [0.717, 1.165) is 25.7 Å². The molecule has 0 amide bonds. The largest absolute Gasteiger partial charge is 0.302 e. The lowest BCUT2D eigenvalue weighted by atomic mass is 9.79. The third-order valence-electron chi connectivity index (χ3n) is 5.36. The lowest BCUT2D eigenvalue weighted by molar-refractivity contribution is 0.161. The second-order valence-corrected chi connectivity index (χ2v) is 9.57. The summed E-state index contributed by atoms with van der Waals surface area (Å²) in [6.45, 7) is 0. The van der Waals surface area contributed by atoms with Crippen LogP contribution in [-0.4, -0.2) is 33.5 Å². The number of halogens is 1. The SMILES string of the molecule is CN(C)C(c1ccccc1)C1CCC(NS(=O)(=O)c2ccccc2Cl)CC1. The Labute approximate surface area is 167 Å². The molecule has 4 nitrogen and oxygen atoms in total. The number of nitrogens with zero attached hydrogens (tertiary/aromatic N) is 1. The summed E-state index contributed by atoms with van der Waals surface area (Å²) in [6.07, 6.45) is 3.66. The van der Waals surface area contributed by atoms with Gasteiger partial charge in [0.15, 0.2) is 0 Å². The highest BCUT2D eigenvalue weighted by Gasteiger charge is 2.32. The molecule has 0 aliphatic heterocycles. The summed E-state index contributed by atoms with van der Waals surface area (Å²) in [5, 5.41) is 0.260. The monoisotopic (exact) mass is 406 g/mol. The Hall–Kier alpha value is -1.40. The molecule has 0 heterocycles. The lowest BCUT2D eigenvalue weighted by Gasteiger charge is -2.37. The molecule has 0 spiro atoms. The summed E-state index contributed by atoms with van der Waals surface area (Å²) < 4.78 is 28.2. The Kier molecular flexibility index (Phi) is 6.58. The molecule has 1 fully saturated rings. The molecule has 1 atom stereocenters. The van der Waals surface area contributed by atoms with Crippen LogP contribution in [0.1, 0.15) is 37.3 Å². The average Bonchev–Trinajstić information content (AvgIpc) is 2.64. The number of sulfonamides is 1. The van der Waals surface area contributed by atoms with E-state index in [1.807, 2.05) is 6.07 Å². The fourth-order valence-corrected chi connectivity index (χ4v) is 5.96. The van der Waals surface area contributed by atoms with Crippen molar-refractivity contribution in [2.45, 2.75) is 42.7 Å². The first-order valence-corrected chi connectivity index (χ1v) is 11.2. The van der Waals surface area contributed by atoms with Crippen molar-refractivity contribution in [3.05, 3.63) is 65.2 Å². The van der Waals surface area contributed by atoms with Gasteiger partial charge in [-0.25, -0.2) is 13.1 Å². The van der Waals surface area contributed by atoms with Gasteiger partial charge in [0, 0.05) is 12.1 Å². The van der Waals surface area contributed by atoms with Crippen LogP contribution >= 0.6 is 11.6 Å². The molecule has 1 saturated carbocycles. The van der Waals surface area contributed by atoms with Crippen molar-refractivity contribution in [1.29, 1.82) is 0 Å². The second-order valence-electron chi connectivity index (χ2n) is 7.48. The molecule has 0 aromatic heterocycles. The maximum Gasteiger partial charge on any atom is 0.242 e. The van der Waals surface area contributed by atoms with Crippen LogP contribution in [0.15, 0.2) is 59.5 Å². The van der Waals surface area contributed by atoms with E-state index in [4.69, 9.17) is 11.6 Å². The fourth-order valence-electron chi connectivity index (χ4n) is 4.14. The molecule has 0 radical (unpaired) electrons. The summed E-state index contributed by atoms with van der Waals surface area (Å²) in [5.41, 5.74) is 1.32. The van der Waals surface area contributed by atoms with Gasteiger partial charge in [-0.1, -0.05) is 54.1 Å². The van der Waals surface area contributed by atoms with Crippen LogP contribution in [0.4, 0.5) is 0 Å². The fraction of sp³-hybridized carbons (Fsp3) is 0.429. The van der Waals surface area contributed by atoms with Crippen molar-refractivity contribution >= 4 is 21.6 Å². The zero-order chi connectivity index (χ0) is 19.4. The van der Waals surface area contributed by atoms with Crippen molar-refractivity contribution in [2.75, 3.05) is 14.1 Å². The second kappa shape index (κ2) is 8.74. The first-order chi connectivity index (χ1) is 12.9. The van der Waals surface area contributed by atoms with Gasteiger partial charge in [-0.05, 0) is 63.4 Å². The predicted octanol–water partition coefficient (Wildman–Crippen LogP) is 4.48. The number of hydrogen-bond acceptors (Lipinski definition) is 3. The number of nitrogens with one attached hydrogen (secondary N) is 1. The molecule has 1 N–H and O–H groups in total. The predicted molar refractivity (Wildman–Crippen MR) is 110 cm³/mol. The minimum absolute atomic E-state index is 0.0406. The molecule has 3 rings (SSSR count). The highest BCUT2D eigenvalue weighted by atomic mass is 35.5. The Bertz CT molecular complexity index is 847. The Morgan fingerprint density at radius 2 is 1.56 bits per heavy atom. The van der Waals surface area contributed by atoms with E-state index in [-0.39, 0.29) is 16.0 Å². The first kappa shape index (κ1) is 20.3. The van der Waals surface area contributed by atoms with Gasteiger partial charge in [-0.3, -0.25) is 0 Å². The molecule has 1 aliphatic carbocycles. The maximum atomic E-state index is 12.7. The van der Waals surface area contributed by atoms with Crippen LogP contribution < -0.4 is 4.72 Å². The van der Waals surface area contributed by atoms with Gasteiger partial charge in [0.2, 0.25) is 10.0 Å². The summed E-state index contributed by atoms with van der Waals surface area (Å²) in [6, 6.07) is 17.4. The Morgan fingerprint density at radius 3 is 2.15 bits per heavy atom. The van der Waals surface area contributed by atoms with Gasteiger partial charge in [0.25, 0.3) is 0 Å². The van der Waals surface area contributed by atoms with E-state index in [1.165, 1.54) is 5.56 Å². The van der Waals surface area contributed by atoms with Crippen molar-refractivity contribution in [3.63, 3.8) is 0 Å². The molecule has 146 valence electrons. The Balaban J connectivity index is 1.66. The standard InChI is InChI=1S/C21H27ClN2O2S/c1-24(2)21(16-8-4-3-5-9-16)17-12-14-18(15-13-17)23-27(25,26)20-11-7-6-10-19(20)22/h3-11,17-18,21,23H,12-15H2,1-2H3. The van der Waals surface area contributed by atoms with Gasteiger partial charge in [-0.2, -0.15) is 0 Å². The molecule has 2 aromatic carbocycles. The van der Waals surface area contributed by atoms with E-state index in [0.29, 0.717) is 12.0 Å². The molecule has 27 heavy (non-hydrogen) atoms. The molecule has 1 aliphatic rings. The molecule has 2 aromatic rings. The average molecular weight is 407 g/mol. The number of hydrogen-bond donors (Lipinski definition) is 1. The molecule has 1 unspecified atom stereocenters. The normalized spacial score (nSPS) is 21.9. The summed E-state index contributed by atoms with van der Waals surface area (Å²) >= 11 is 6.07. The van der Waals surface area contributed by atoms with E-state index >= 15 is 0 Å². The lowest BCUT2D eigenvalue weighted by Crippen LogP contribution is -2.39. The summed E-state index contributed by atoms with van der Waals surface area (Å²) in [5.74, 6) is 0.517. The van der Waals surface area contributed by atoms with Crippen LogP contribution in [0.2, 0.25) is 5.02 Å². The number of benzene rings is 2. The van der Waals surface area contributed by atoms with Crippen LogP contribution in [-0.2, 0) is 10.0 Å². The molecule has 0 bridgehead atoms. The zero-order valence-corrected chi connectivity index (χ0v) is 17.4. The van der Waals surface area contributed by atoms with Crippen molar-refractivity contribution in [2.24, 2.45) is 5.92 Å². The van der Waals surface area contributed by atoms with E-state index in [1.54, 1.807) is 24.3 Å². The van der Waals surface area contributed by atoms with Crippen molar-refractivity contribution < 1.29 is 8.42 Å². The zero-order valence-electron chi connectivity index (χ0n) is 15.8. The highest BCUT2D eigenvalue weighted by molar-refractivity contribution is 7.89. The van der Waals surface area contributed by atoms with E-state index < -0.39 is 10.0 Å². The van der Waals surface area contributed by atoms with Gasteiger partial charge < -0.3 is 4.90 Å². The highest BCUT2D eigenvalue weighted by Crippen LogP contribution is 2.37. The van der Waals surface area contributed by atoms with Gasteiger partial charge in [0.05, 0.1) is 5.02 Å². The van der Waals surface area contributed by atoms with E-state index in [2.05, 4.69) is 48.0 Å². The van der Waals surface area contributed by atoms with Crippen LogP contribution in [0, 0.1) is 5.92 Å². The third-order valence-corrected chi connectivity index (χ3v) is 7.38. The third kappa shape index (κ3) is 4.91. The van der Waals surface area contributed by atoms with Crippen LogP contribution in [0.3, 0.4) is 0 Å². The smallest absolute Gasteiger partial charge is 0.242 e. The van der Waals surface area contributed by atoms with Crippen LogP contribution in [0.5, 0.6) is 0 Å². The van der Waals surface area contributed by atoms with Gasteiger partial charge >= 0.3 is 0 Å². The van der Waals surface area contributed by atoms with Gasteiger partial charge in [0.1, 0.15) is 4.90 Å². The first-order valence-electron chi connectivity index (χ1n) is 9.36. The minimum atomic E-state index is -3.59. The number of rotatable bonds is 6. The topological polar surface area (TPSA) is 49.4 Å². The quantitative estimate of drug-likeness (QED) is 0.769. The van der Waals surface area contributed by atoms with Crippen molar-refractivity contribution in [1.82, 2.24) is 9.62 Å². The minimum Gasteiger partial charge on any atom is -0.302 e. The summed E-state index contributed by atoms with van der Waals surface area (Å²) in [4.78, 5) is 2.43. The van der Waals surface area contributed by atoms with E-state index in [9.17, 15) is 8.42 Å². The Morgan fingerprint density at radius 1 is 0.963 bits per heavy atom. The molecular weight excluding hydrogens is 380 g/mol. The molecule has 0 saturated heterocycles. The summed E-state index contributed by atoms with van der Waals surface area (Å²) in [7, 11) is 0.641. The molecular formula is C21H27ClN2O2S. The maximum absolute atomic E-state index is 12.7. The van der Waals surface area contributed by atoms with Crippen LogP contribution in [0.25, 0.3) is 0 Å².